The van der Waals surface area contributed by atoms with Crippen molar-refractivity contribution in [3.05, 3.63) is 24.3 Å². The molecule has 3 heteroatoms. The van der Waals surface area contributed by atoms with Crippen molar-refractivity contribution < 1.29 is 9.84 Å². The Bertz CT molecular complexity index is 183. The van der Waals surface area contributed by atoms with Crippen LogP contribution in [0.15, 0.2) is 24.3 Å². The number of ether oxygens (including phenoxy) is 1. The summed E-state index contributed by atoms with van der Waals surface area (Å²) in [6.07, 6.45) is 0. The van der Waals surface area contributed by atoms with Crippen LogP contribution in [0.5, 0.6) is 11.5 Å². The van der Waals surface area contributed by atoms with E-state index in [9.17, 15) is 0 Å². The first-order chi connectivity index (χ1) is 4.33. The Balaban J connectivity index is 0.000000810. The van der Waals surface area contributed by atoms with E-state index in [4.69, 9.17) is 9.84 Å². The van der Waals surface area contributed by atoms with Crippen molar-refractivity contribution in [2.75, 3.05) is 7.11 Å². The first-order valence-electron chi connectivity index (χ1n) is 2.66. The molecule has 0 heterocycles. The van der Waals surface area contributed by atoms with E-state index in [1.165, 1.54) is 0 Å². The van der Waals surface area contributed by atoms with Gasteiger partial charge < -0.3 is 9.84 Å². The number of phenolic OH excluding ortho intramolecular Hbond substituents is 1. The molecule has 0 saturated carbocycles. The number of phenols is 1. The van der Waals surface area contributed by atoms with Crippen molar-refractivity contribution in [2.45, 2.75) is 0 Å². The van der Waals surface area contributed by atoms with E-state index in [1.54, 1.807) is 31.4 Å². The van der Waals surface area contributed by atoms with E-state index in [2.05, 4.69) is 0 Å². The van der Waals surface area contributed by atoms with Gasteiger partial charge in [0.15, 0.2) is 0 Å². The van der Waals surface area contributed by atoms with Crippen molar-refractivity contribution >= 4 is 18.9 Å². The molecule has 1 rings (SSSR count). The van der Waals surface area contributed by atoms with Crippen molar-refractivity contribution in [1.82, 2.24) is 0 Å². The standard InChI is InChI=1S/C7H8O2.Li.H/c1-9-7-4-2-6(8)3-5-7;;/h2-5,8H,1H3;;. The summed E-state index contributed by atoms with van der Waals surface area (Å²) in [6, 6.07) is 6.57. The van der Waals surface area contributed by atoms with Crippen LogP contribution in [0.3, 0.4) is 0 Å². The number of aromatic hydroxyl groups is 1. The van der Waals surface area contributed by atoms with Crippen LogP contribution in [-0.2, 0) is 0 Å². The fourth-order valence-electron chi connectivity index (χ4n) is 0.582. The average molecular weight is 132 g/mol. The molecule has 0 spiro atoms. The summed E-state index contributed by atoms with van der Waals surface area (Å²) in [5.74, 6) is 1.02. The van der Waals surface area contributed by atoms with Crippen molar-refractivity contribution in [2.24, 2.45) is 0 Å². The first-order valence-corrected chi connectivity index (χ1v) is 2.66. The fraction of sp³-hybridized carbons (Fsp3) is 0.143. The molecule has 0 atom stereocenters. The SMILES string of the molecule is COc1ccc(O)cc1.[LiH]. The summed E-state index contributed by atoms with van der Waals surface area (Å²) in [5.41, 5.74) is 0. The molecule has 1 aromatic carbocycles. The molecule has 0 radical (unpaired) electrons. The quantitative estimate of drug-likeness (QED) is 0.571. The minimum atomic E-state index is 0. The van der Waals surface area contributed by atoms with Crippen molar-refractivity contribution in [3.63, 3.8) is 0 Å². The van der Waals surface area contributed by atoms with Crippen molar-refractivity contribution in [3.8, 4) is 11.5 Å². The third kappa shape index (κ3) is 2.34. The molecule has 0 amide bonds. The van der Waals surface area contributed by atoms with E-state index < -0.39 is 0 Å². The molecule has 0 aliphatic rings. The zero-order chi connectivity index (χ0) is 6.69. The molecule has 0 aliphatic carbocycles. The normalized spacial score (nSPS) is 8.10. The molecular weight excluding hydrogens is 123 g/mol. The molecule has 0 bridgehead atoms. The van der Waals surface area contributed by atoms with Crippen LogP contribution in [0, 0.1) is 0 Å². The Morgan fingerprint density at radius 2 is 1.70 bits per heavy atom. The molecule has 0 aromatic heterocycles. The number of hydrogen-bond acceptors (Lipinski definition) is 2. The monoisotopic (exact) mass is 132 g/mol. The summed E-state index contributed by atoms with van der Waals surface area (Å²) < 4.78 is 4.86. The van der Waals surface area contributed by atoms with Gasteiger partial charge >= 0.3 is 18.9 Å². The molecule has 0 fully saturated rings. The second-order valence-corrected chi connectivity index (χ2v) is 1.70. The zero-order valence-electron chi connectivity index (χ0n) is 5.16. The van der Waals surface area contributed by atoms with E-state index in [0.29, 0.717) is 0 Å². The van der Waals surface area contributed by atoms with Crippen molar-refractivity contribution in [1.29, 1.82) is 0 Å². The van der Waals surface area contributed by atoms with E-state index in [0.717, 1.165) is 5.75 Å². The Hall–Kier alpha value is -0.583. The van der Waals surface area contributed by atoms with Gasteiger partial charge in [0.05, 0.1) is 7.11 Å². The number of rotatable bonds is 1. The van der Waals surface area contributed by atoms with Crippen LogP contribution < -0.4 is 4.74 Å². The maximum atomic E-state index is 8.80. The van der Waals surface area contributed by atoms with Gasteiger partial charge in [-0.2, -0.15) is 0 Å². The zero-order valence-corrected chi connectivity index (χ0v) is 5.16. The second kappa shape index (κ2) is 4.27. The maximum absolute atomic E-state index is 8.80. The minimum absolute atomic E-state index is 0. The van der Waals surface area contributed by atoms with Gasteiger partial charge in [-0.3, -0.25) is 0 Å². The van der Waals surface area contributed by atoms with Gasteiger partial charge in [-0.25, -0.2) is 0 Å². The van der Waals surface area contributed by atoms with Crippen LogP contribution in [0.4, 0.5) is 0 Å². The summed E-state index contributed by atoms with van der Waals surface area (Å²) in [7, 11) is 1.59. The van der Waals surface area contributed by atoms with Crippen LogP contribution >= 0.6 is 0 Å². The summed E-state index contributed by atoms with van der Waals surface area (Å²) in [5, 5.41) is 8.80. The van der Waals surface area contributed by atoms with E-state index >= 15 is 0 Å². The van der Waals surface area contributed by atoms with Gasteiger partial charge in [0.25, 0.3) is 0 Å². The molecule has 2 nitrogen and oxygen atoms in total. The molecule has 10 heavy (non-hydrogen) atoms. The molecular formula is C7H9LiO2. The fourth-order valence-corrected chi connectivity index (χ4v) is 0.582. The topological polar surface area (TPSA) is 29.5 Å². The number of methoxy groups -OCH3 is 1. The van der Waals surface area contributed by atoms with Gasteiger partial charge in [-0.1, -0.05) is 0 Å². The Morgan fingerprint density at radius 3 is 2.10 bits per heavy atom. The Morgan fingerprint density at radius 1 is 1.20 bits per heavy atom. The number of benzene rings is 1. The third-order valence-electron chi connectivity index (χ3n) is 1.07. The Labute approximate surface area is 72.0 Å². The second-order valence-electron chi connectivity index (χ2n) is 1.70. The van der Waals surface area contributed by atoms with Crippen LogP contribution in [0.2, 0.25) is 0 Å². The van der Waals surface area contributed by atoms with Gasteiger partial charge in [0, 0.05) is 0 Å². The van der Waals surface area contributed by atoms with E-state index in [-0.39, 0.29) is 24.6 Å². The molecule has 0 aliphatic heterocycles. The molecule has 0 unspecified atom stereocenters. The van der Waals surface area contributed by atoms with Gasteiger partial charge in [0.1, 0.15) is 11.5 Å². The molecule has 50 valence electrons. The van der Waals surface area contributed by atoms with Crippen LogP contribution in [0.25, 0.3) is 0 Å². The van der Waals surface area contributed by atoms with Crippen LogP contribution in [0.1, 0.15) is 0 Å². The molecule has 1 N–H and O–H groups in total. The molecule has 0 saturated heterocycles. The summed E-state index contributed by atoms with van der Waals surface area (Å²) >= 11 is 0. The molecule has 1 aromatic rings. The summed E-state index contributed by atoms with van der Waals surface area (Å²) in [4.78, 5) is 0. The van der Waals surface area contributed by atoms with E-state index in [1.807, 2.05) is 0 Å². The predicted octanol–water partition coefficient (Wildman–Crippen LogP) is 0.752. The van der Waals surface area contributed by atoms with Crippen LogP contribution in [-0.4, -0.2) is 31.1 Å². The van der Waals surface area contributed by atoms with Gasteiger partial charge in [-0.05, 0) is 24.3 Å². The Kier molecular flexibility index (Phi) is 4.02. The average Bonchev–Trinajstić information content (AvgIpc) is 1.90. The first kappa shape index (κ1) is 9.42. The predicted molar refractivity (Wildman–Crippen MR) is 41.8 cm³/mol. The number of hydrogen-bond donors (Lipinski definition) is 1. The van der Waals surface area contributed by atoms with Gasteiger partial charge in [-0.15, -0.1) is 0 Å². The third-order valence-corrected chi connectivity index (χ3v) is 1.07. The summed E-state index contributed by atoms with van der Waals surface area (Å²) in [6.45, 7) is 0. The van der Waals surface area contributed by atoms with Gasteiger partial charge in [0.2, 0.25) is 0 Å².